The van der Waals surface area contributed by atoms with Crippen LogP contribution in [0.5, 0.6) is 0 Å². The van der Waals surface area contributed by atoms with E-state index in [4.69, 9.17) is 16.6 Å². The summed E-state index contributed by atoms with van der Waals surface area (Å²) in [7, 11) is 0. The van der Waals surface area contributed by atoms with Crippen LogP contribution in [-0.4, -0.2) is 64.5 Å². The van der Waals surface area contributed by atoms with Crippen LogP contribution in [0.4, 0.5) is 0 Å². The summed E-state index contributed by atoms with van der Waals surface area (Å²) in [6.45, 7) is 10.7. The lowest BCUT2D eigenvalue weighted by atomic mass is 9.73. The Morgan fingerprint density at radius 2 is 1.71 bits per heavy atom. The normalized spacial score (nSPS) is 22.8. The number of benzene rings is 2. The van der Waals surface area contributed by atoms with Crippen LogP contribution >= 0.6 is 11.6 Å². The molecule has 0 N–H and O–H groups in total. The summed E-state index contributed by atoms with van der Waals surface area (Å²) in [4.78, 5) is 14.2. The highest BCUT2D eigenvalue weighted by atomic mass is 35.5. The molecule has 2 aromatic carbocycles. The second kappa shape index (κ2) is 9.57. The molecule has 2 unspecified atom stereocenters. The van der Waals surface area contributed by atoms with Crippen molar-refractivity contribution in [1.29, 1.82) is 0 Å². The predicted molar refractivity (Wildman–Crippen MR) is 143 cm³/mol. The summed E-state index contributed by atoms with van der Waals surface area (Å²) in [5.41, 5.74) is 7.47. The molecule has 0 radical (unpaired) electrons. The van der Waals surface area contributed by atoms with E-state index in [1.807, 2.05) is 30.9 Å². The first-order valence-electron chi connectivity index (χ1n) is 12.4. The van der Waals surface area contributed by atoms with Crippen LogP contribution in [0, 0.1) is 0 Å². The molecule has 3 aromatic rings. The van der Waals surface area contributed by atoms with Gasteiger partial charge < -0.3 is 4.57 Å². The summed E-state index contributed by atoms with van der Waals surface area (Å²) < 4.78 is 2.14. The molecule has 178 valence electrons. The topological polar surface area (TPSA) is 36.7 Å². The largest absolute Gasteiger partial charge is 0.336 e. The van der Waals surface area contributed by atoms with Crippen molar-refractivity contribution in [2.24, 2.45) is 4.99 Å². The van der Waals surface area contributed by atoms with Gasteiger partial charge in [0.15, 0.2) is 0 Å². The maximum Gasteiger partial charge on any atom is 0.128 e. The Balaban J connectivity index is 1.20. The van der Waals surface area contributed by atoms with Gasteiger partial charge in [0, 0.05) is 68.8 Å². The third-order valence-electron chi connectivity index (χ3n) is 7.62. The summed E-state index contributed by atoms with van der Waals surface area (Å²) in [5, 5.41) is 0.826. The number of hydrogen-bond acceptors (Lipinski definition) is 4. The van der Waals surface area contributed by atoms with E-state index in [0.717, 1.165) is 56.3 Å². The summed E-state index contributed by atoms with van der Waals surface area (Å²) in [6.07, 6.45) is 8.77. The van der Waals surface area contributed by atoms with E-state index in [9.17, 15) is 0 Å². The molecule has 2 aliphatic heterocycles. The number of allylic oxidation sites excluding steroid dienone is 1. The van der Waals surface area contributed by atoms with Gasteiger partial charge in [-0.2, -0.15) is 0 Å². The fourth-order valence-electron chi connectivity index (χ4n) is 5.77. The van der Waals surface area contributed by atoms with Crippen LogP contribution < -0.4 is 0 Å². The minimum Gasteiger partial charge on any atom is -0.336 e. The Labute approximate surface area is 212 Å². The molecule has 1 aliphatic carbocycles. The van der Waals surface area contributed by atoms with Crippen LogP contribution in [0.2, 0.25) is 5.02 Å². The van der Waals surface area contributed by atoms with Gasteiger partial charge in [-0.15, -0.1) is 0 Å². The summed E-state index contributed by atoms with van der Waals surface area (Å²) in [5.74, 6) is 0.230. The van der Waals surface area contributed by atoms with E-state index in [-0.39, 0.29) is 12.1 Å². The minimum absolute atomic E-state index is 0.00877. The molecule has 5 nitrogen and oxygen atoms in total. The van der Waals surface area contributed by atoms with E-state index in [2.05, 4.69) is 68.5 Å². The standard InChI is InChI=1S/C29H30ClN5/c1-21-28-22(18-26(23-6-2-3-8-25(23)28)24-7-4-5-9-27(24)30)19-32-29(21)35-16-14-33(15-17-35)12-13-34-11-10-31-20-34/h2-11,19-20,26,29H,1,12-18H2. The van der Waals surface area contributed by atoms with Gasteiger partial charge in [0.25, 0.3) is 0 Å². The lowest BCUT2D eigenvalue weighted by Gasteiger charge is -2.41. The third-order valence-corrected chi connectivity index (χ3v) is 7.97. The van der Waals surface area contributed by atoms with Crippen molar-refractivity contribution < 1.29 is 0 Å². The molecule has 1 aromatic heterocycles. The molecule has 0 amide bonds. The van der Waals surface area contributed by atoms with Crippen LogP contribution in [0.1, 0.15) is 29.0 Å². The van der Waals surface area contributed by atoms with Gasteiger partial charge >= 0.3 is 0 Å². The molecule has 3 heterocycles. The molecule has 0 saturated carbocycles. The number of piperazine rings is 1. The first-order valence-corrected chi connectivity index (χ1v) is 12.8. The zero-order valence-electron chi connectivity index (χ0n) is 19.9. The van der Waals surface area contributed by atoms with E-state index in [1.54, 1.807) is 0 Å². The number of imidazole rings is 1. The Morgan fingerprint density at radius 1 is 0.943 bits per heavy atom. The number of hydrogen-bond donors (Lipinski definition) is 0. The Morgan fingerprint density at radius 3 is 2.49 bits per heavy atom. The molecule has 1 saturated heterocycles. The zero-order valence-corrected chi connectivity index (χ0v) is 20.6. The number of rotatable bonds is 5. The molecule has 1 fully saturated rings. The second-order valence-electron chi connectivity index (χ2n) is 9.62. The number of aromatic nitrogens is 2. The van der Waals surface area contributed by atoms with Crippen molar-refractivity contribution in [1.82, 2.24) is 19.4 Å². The highest BCUT2D eigenvalue weighted by molar-refractivity contribution is 6.31. The molecular weight excluding hydrogens is 454 g/mol. The van der Waals surface area contributed by atoms with Gasteiger partial charge in [0.05, 0.1) is 6.33 Å². The first-order chi connectivity index (χ1) is 17.2. The minimum atomic E-state index is 0.00877. The average Bonchev–Trinajstić information content (AvgIpc) is 3.42. The molecule has 0 bridgehead atoms. The fraction of sp³-hybridized carbons (Fsp3) is 0.310. The van der Waals surface area contributed by atoms with E-state index >= 15 is 0 Å². The van der Waals surface area contributed by atoms with Crippen molar-refractivity contribution in [3.05, 3.63) is 107 Å². The van der Waals surface area contributed by atoms with Gasteiger partial charge in [-0.3, -0.25) is 14.8 Å². The van der Waals surface area contributed by atoms with E-state index < -0.39 is 0 Å². The Hall–Kier alpha value is -2.99. The molecule has 3 aliphatic rings. The number of halogens is 1. The SMILES string of the molecule is C=C1C2=C(C=NC1N1CCN(CCn3ccnc3)CC1)CC(c1ccccc1Cl)c1ccccc12. The van der Waals surface area contributed by atoms with Crippen molar-refractivity contribution in [3.8, 4) is 0 Å². The van der Waals surface area contributed by atoms with Crippen molar-refractivity contribution in [2.75, 3.05) is 32.7 Å². The monoisotopic (exact) mass is 483 g/mol. The van der Waals surface area contributed by atoms with Crippen LogP contribution in [0.15, 0.2) is 90.0 Å². The van der Waals surface area contributed by atoms with Gasteiger partial charge in [-0.05, 0) is 45.9 Å². The van der Waals surface area contributed by atoms with Gasteiger partial charge in [-0.25, -0.2) is 4.98 Å². The molecule has 0 spiro atoms. The molecular formula is C29H30ClN5. The fourth-order valence-corrected chi connectivity index (χ4v) is 6.03. The number of dihydropyridines is 1. The molecule has 2 atom stereocenters. The second-order valence-corrected chi connectivity index (χ2v) is 10.0. The maximum absolute atomic E-state index is 6.63. The average molecular weight is 484 g/mol. The van der Waals surface area contributed by atoms with Crippen LogP contribution in [0.3, 0.4) is 0 Å². The van der Waals surface area contributed by atoms with Gasteiger partial charge in [-0.1, -0.05) is 60.6 Å². The molecule has 6 heteroatoms. The summed E-state index contributed by atoms with van der Waals surface area (Å²) in [6, 6.07) is 17.0. The van der Waals surface area contributed by atoms with Crippen molar-refractivity contribution >= 4 is 23.4 Å². The van der Waals surface area contributed by atoms with Gasteiger partial charge in [0.2, 0.25) is 0 Å². The van der Waals surface area contributed by atoms with Crippen molar-refractivity contribution in [2.45, 2.75) is 25.0 Å². The number of fused-ring (bicyclic) bond motifs is 2. The maximum atomic E-state index is 6.63. The predicted octanol–water partition coefficient (Wildman–Crippen LogP) is 5.11. The Kier molecular flexibility index (Phi) is 6.15. The quantitative estimate of drug-likeness (QED) is 0.506. The lowest BCUT2D eigenvalue weighted by Crippen LogP contribution is -2.51. The smallest absolute Gasteiger partial charge is 0.128 e. The molecule has 6 rings (SSSR count). The van der Waals surface area contributed by atoms with E-state index in [1.165, 1.54) is 27.8 Å². The van der Waals surface area contributed by atoms with E-state index in [0.29, 0.717) is 0 Å². The third kappa shape index (κ3) is 4.29. The lowest BCUT2D eigenvalue weighted by molar-refractivity contribution is 0.109. The number of nitrogens with zero attached hydrogens (tertiary/aromatic N) is 5. The zero-order chi connectivity index (χ0) is 23.8. The highest BCUT2D eigenvalue weighted by Gasteiger charge is 2.35. The Bertz CT molecular complexity index is 1280. The van der Waals surface area contributed by atoms with Crippen LogP contribution in [0.25, 0.3) is 5.57 Å². The highest BCUT2D eigenvalue weighted by Crippen LogP contribution is 2.47. The van der Waals surface area contributed by atoms with Gasteiger partial charge in [0.1, 0.15) is 6.17 Å². The van der Waals surface area contributed by atoms with Crippen LogP contribution in [-0.2, 0) is 6.54 Å². The van der Waals surface area contributed by atoms with Crippen molar-refractivity contribution in [3.63, 3.8) is 0 Å². The number of aliphatic imine (C=N–C) groups is 1. The molecule has 35 heavy (non-hydrogen) atoms. The first kappa shape index (κ1) is 22.5. The summed E-state index contributed by atoms with van der Waals surface area (Å²) >= 11 is 6.63.